The van der Waals surface area contributed by atoms with Crippen molar-refractivity contribution >= 4 is 23.0 Å². The Balaban J connectivity index is 1.69. The number of nitro benzene ring substituents is 1. The van der Waals surface area contributed by atoms with Crippen LogP contribution in [0.15, 0.2) is 52.9 Å². The second-order valence-electron chi connectivity index (χ2n) is 4.67. The van der Waals surface area contributed by atoms with Gasteiger partial charge in [-0.25, -0.2) is 0 Å². The van der Waals surface area contributed by atoms with Crippen LogP contribution in [0.5, 0.6) is 0 Å². The van der Waals surface area contributed by atoms with Crippen molar-refractivity contribution in [2.75, 3.05) is 5.32 Å². The summed E-state index contributed by atoms with van der Waals surface area (Å²) < 4.78 is 5.55. The third-order valence-corrected chi connectivity index (χ3v) is 3.31. The van der Waals surface area contributed by atoms with Crippen LogP contribution in [-0.2, 0) is 6.54 Å². The Labute approximate surface area is 136 Å². The van der Waals surface area contributed by atoms with Gasteiger partial charge in [0.15, 0.2) is 0 Å². The number of nitrogens with zero attached hydrogens (tertiary/aromatic N) is 3. The lowest BCUT2D eigenvalue weighted by atomic mass is 10.2. The fourth-order valence-electron chi connectivity index (χ4n) is 1.94. The monoisotopic (exact) mass is 330 g/mol. The Morgan fingerprint density at radius 2 is 1.96 bits per heavy atom. The van der Waals surface area contributed by atoms with E-state index in [0.717, 1.165) is 5.56 Å². The van der Waals surface area contributed by atoms with Gasteiger partial charge in [0.25, 0.3) is 5.69 Å². The molecule has 0 aliphatic rings. The molecule has 3 rings (SSSR count). The maximum absolute atomic E-state index is 10.7. The smallest absolute Gasteiger partial charge is 0.271 e. The highest BCUT2D eigenvalue weighted by Crippen LogP contribution is 2.21. The molecule has 0 atom stereocenters. The number of hydrogen-bond donors (Lipinski definition) is 1. The zero-order chi connectivity index (χ0) is 16.2. The molecule has 0 bridgehead atoms. The van der Waals surface area contributed by atoms with Crippen LogP contribution in [0.3, 0.4) is 0 Å². The first-order valence-corrected chi connectivity index (χ1v) is 7.06. The molecule has 0 saturated heterocycles. The van der Waals surface area contributed by atoms with Gasteiger partial charge in [0.05, 0.1) is 11.5 Å². The van der Waals surface area contributed by atoms with E-state index in [0.29, 0.717) is 22.5 Å². The molecule has 0 aliphatic heterocycles. The van der Waals surface area contributed by atoms with E-state index in [1.807, 2.05) is 0 Å². The van der Waals surface area contributed by atoms with Gasteiger partial charge in [-0.05, 0) is 30.3 Å². The standard InChI is InChI=1S/C15H11ClN4O3/c16-11-6-4-10(5-7-11)15-19-18-14(23-15)9-17-12-2-1-3-13(8-12)20(21)22/h1-8,17H,9H2. The van der Waals surface area contributed by atoms with Gasteiger partial charge in [-0.2, -0.15) is 0 Å². The molecule has 1 N–H and O–H groups in total. The van der Waals surface area contributed by atoms with Crippen LogP contribution >= 0.6 is 11.6 Å². The van der Waals surface area contributed by atoms with E-state index < -0.39 is 4.92 Å². The summed E-state index contributed by atoms with van der Waals surface area (Å²) in [4.78, 5) is 10.3. The predicted octanol–water partition coefficient (Wildman–Crippen LogP) is 3.91. The number of halogens is 1. The van der Waals surface area contributed by atoms with Crippen LogP contribution in [0, 0.1) is 10.1 Å². The average Bonchev–Trinajstić information content (AvgIpc) is 3.03. The van der Waals surface area contributed by atoms with Gasteiger partial charge in [-0.15, -0.1) is 10.2 Å². The molecule has 0 amide bonds. The second kappa shape index (κ2) is 6.45. The van der Waals surface area contributed by atoms with Crippen molar-refractivity contribution < 1.29 is 9.34 Å². The van der Waals surface area contributed by atoms with E-state index >= 15 is 0 Å². The number of benzene rings is 2. The van der Waals surface area contributed by atoms with Crippen LogP contribution in [0.2, 0.25) is 5.02 Å². The summed E-state index contributed by atoms with van der Waals surface area (Å²) in [5, 5.41) is 22.3. The van der Waals surface area contributed by atoms with Crippen LogP contribution in [0.1, 0.15) is 5.89 Å². The summed E-state index contributed by atoms with van der Waals surface area (Å²) in [6.07, 6.45) is 0. The van der Waals surface area contributed by atoms with Crippen molar-refractivity contribution in [3.63, 3.8) is 0 Å². The molecule has 23 heavy (non-hydrogen) atoms. The first kappa shape index (κ1) is 15.0. The summed E-state index contributed by atoms with van der Waals surface area (Å²) in [5.41, 5.74) is 1.39. The van der Waals surface area contributed by atoms with Crippen LogP contribution in [0.25, 0.3) is 11.5 Å². The zero-order valence-electron chi connectivity index (χ0n) is 11.8. The number of nitrogens with one attached hydrogen (secondary N) is 1. The fraction of sp³-hybridized carbons (Fsp3) is 0.0667. The van der Waals surface area contributed by atoms with Gasteiger partial charge in [0, 0.05) is 28.4 Å². The van der Waals surface area contributed by atoms with E-state index in [9.17, 15) is 10.1 Å². The van der Waals surface area contributed by atoms with Gasteiger partial charge < -0.3 is 9.73 Å². The summed E-state index contributed by atoms with van der Waals surface area (Å²) in [6.45, 7) is 0.266. The molecule has 0 saturated carbocycles. The summed E-state index contributed by atoms with van der Waals surface area (Å²) in [6, 6.07) is 13.2. The molecule has 8 heteroatoms. The molecule has 2 aromatic carbocycles. The highest BCUT2D eigenvalue weighted by Gasteiger charge is 2.09. The molecule has 0 radical (unpaired) electrons. The van der Waals surface area contributed by atoms with Crippen LogP contribution in [0.4, 0.5) is 11.4 Å². The van der Waals surface area contributed by atoms with Crippen molar-refractivity contribution in [3.8, 4) is 11.5 Å². The van der Waals surface area contributed by atoms with Gasteiger partial charge in [-0.1, -0.05) is 17.7 Å². The van der Waals surface area contributed by atoms with Gasteiger partial charge in [0.2, 0.25) is 11.8 Å². The molecule has 3 aromatic rings. The Kier molecular flexibility index (Phi) is 4.20. The highest BCUT2D eigenvalue weighted by atomic mass is 35.5. The largest absolute Gasteiger partial charge is 0.419 e. The molecular formula is C15H11ClN4O3. The highest BCUT2D eigenvalue weighted by molar-refractivity contribution is 6.30. The Morgan fingerprint density at radius 3 is 2.70 bits per heavy atom. The number of non-ortho nitro benzene ring substituents is 1. The molecule has 116 valence electrons. The molecule has 0 fully saturated rings. The van der Waals surface area contributed by atoms with Gasteiger partial charge >= 0.3 is 0 Å². The van der Waals surface area contributed by atoms with Crippen molar-refractivity contribution in [2.45, 2.75) is 6.54 Å². The molecule has 1 aromatic heterocycles. The third kappa shape index (κ3) is 3.64. The third-order valence-electron chi connectivity index (χ3n) is 3.06. The fourth-order valence-corrected chi connectivity index (χ4v) is 2.07. The molecular weight excluding hydrogens is 320 g/mol. The van der Waals surface area contributed by atoms with E-state index in [1.54, 1.807) is 36.4 Å². The summed E-state index contributed by atoms with van der Waals surface area (Å²) in [5.74, 6) is 0.763. The van der Waals surface area contributed by atoms with Gasteiger partial charge in [0.1, 0.15) is 0 Å². The van der Waals surface area contributed by atoms with E-state index in [2.05, 4.69) is 15.5 Å². The van der Waals surface area contributed by atoms with Gasteiger partial charge in [-0.3, -0.25) is 10.1 Å². The Hall–Kier alpha value is -2.93. The summed E-state index contributed by atoms with van der Waals surface area (Å²) >= 11 is 5.83. The first-order chi connectivity index (χ1) is 11.1. The van der Waals surface area contributed by atoms with E-state index in [1.165, 1.54) is 12.1 Å². The predicted molar refractivity (Wildman–Crippen MR) is 85.2 cm³/mol. The van der Waals surface area contributed by atoms with Crippen LogP contribution < -0.4 is 5.32 Å². The Bertz CT molecular complexity index is 833. The average molecular weight is 331 g/mol. The number of rotatable bonds is 5. The number of anilines is 1. The molecule has 0 aliphatic carbocycles. The van der Waals surface area contributed by atoms with Crippen molar-refractivity contribution in [1.82, 2.24) is 10.2 Å². The minimum absolute atomic E-state index is 0.0161. The zero-order valence-corrected chi connectivity index (χ0v) is 12.5. The minimum Gasteiger partial charge on any atom is -0.419 e. The number of aromatic nitrogens is 2. The van der Waals surface area contributed by atoms with Crippen molar-refractivity contribution in [2.24, 2.45) is 0 Å². The lowest BCUT2D eigenvalue weighted by Crippen LogP contribution is -2.00. The quantitative estimate of drug-likeness (QED) is 0.563. The van der Waals surface area contributed by atoms with Crippen LogP contribution in [-0.4, -0.2) is 15.1 Å². The lowest BCUT2D eigenvalue weighted by molar-refractivity contribution is -0.384. The normalized spacial score (nSPS) is 10.5. The number of hydrogen-bond acceptors (Lipinski definition) is 6. The molecule has 1 heterocycles. The summed E-state index contributed by atoms with van der Waals surface area (Å²) in [7, 11) is 0. The molecule has 7 nitrogen and oxygen atoms in total. The lowest BCUT2D eigenvalue weighted by Gasteiger charge is -2.02. The van der Waals surface area contributed by atoms with E-state index in [-0.39, 0.29) is 12.2 Å². The second-order valence-corrected chi connectivity index (χ2v) is 5.11. The van der Waals surface area contributed by atoms with Crippen molar-refractivity contribution in [1.29, 1.82) is 0 Å². The maximum atomic E-state index is 10.7. The van der Waals surface area contributed by atoms with Crippen molar-refractivity contribution in [3.05, 3.63) is 69.6 Å². The minimum atomic E-state index is -0.448. The maximum Gasteiger partial charge on any atom is 0.271 e. The molecule has 0 unspecified atom stereocenters. The first-order valence-electron chi connectivity index (χ1n) is 6.68. The Morgan fingerprint density at radius 1 is 1.17 bits per heavy atom. The topological polar surface area (TPSA) is 94.1 Å². The molecule has 0 spiro atoms. The van der Waals surface area contributed by atoms with E-state index in [4.69, 9.17) is 16.0 Å². The number of nitro groups is 1. The SMILES string of the molecule is O=[N+]([O-])c1cccc(NCc2nnc(-c3ccc(Cl)cc3)o2)c1.